The van der Waals surface area contributed by atoms with Gasteiger partial charge in [0.05, 0.1) is 17.1 Å². The van der Waals surface area contributed by atoms with Gasteiger partial charge in [-0.05, 0) is 31.5 Å². The normalized spacial score (nSPS) is 12.6. The van der Waals surface area contributed by atoms with Crippen LogP contribution in [0.1, 0.15) is 57.8 Å². The molecule has 0 radical (unpaired) electrons. The molecule has 0 fully saturated rings. The lowest BCUT2D eigenvalue weighted by molar-refractivity contribution is -0.123. The van der Waals surface area contributed by atoms with E-state index in [-0.39, 0.29) is 16.5 Å². The van der Waals surface area contributed by atoms with Crippen molar-refractivity contribution in [2.45, 2.75) is 52.3 Å². The summed E-state index contributed by atoms with van der Waals surface area (Å²) < 4.78 is 5.60. The second kappa shape index (κ2) is 8.48. The third kappa shape index (κ3) is 5.65. The fraction of sp³-hybridized carbons (Fsp3) is 0.556. The topological polar surface area (TPSA) is 55.4 Å². The lowest BCUT2D eigenvalue weighted by Crippen LogP contribution is -2.28. The Balaban J connectivity index is 3.07. The Labute approximate surface area is 147 Å². The van der Waals surface area contributed by atoms with Crippen LogP contribution in [0.3, 0.4) is 0 Å². The highest BCUT2D eigenvalue weighted by molar-refractivity contribution is 9.10. The van der Waals surface area contributed by atoms with Gasteiger partial charge in [0.25, 0.3) is 0 Å². The first-order valence-corrected chi connectivity index (χ1v) is 8.88. The fourth-order valence-electron chi connectivity index (χ4n) is 1.93. The van der Waals surface area contributed by atoms with Gasteiger partial charge < -0.3 is 10.1 Å². The Bertz CT molecular complexity index is 564. The summed E-state index contributed by atoms with van der Waals surface area (Å²) in [5.41, 5.74) is 0.669. The van der Waals surface area contributed by atoms with Gasteiger partial charge in [0.1, 0.15) is 5.75 Å². The highest BCUT2D eigenvalue weighted by atomic mass is 79.9. The zero-order chi connectivity index (χ0) is 17.6. The summed E-state index contributed by atoms with van der Waals surface area (Å²) in [7, 11) is 0. The molecular weight excluding hydrogens is 358 g/mol. The molecule has 0 spiro atoms. The van der Waals surface area contributed by atoms with Gasteiger partial charge in [-0.3, -0.25) is 9.59 Å². The van der Waals surface area contributed by atoms with Crippen molar-refractivity contribution < 1.29 is 14.3 Å². The second-order valence-corrected chi connectivity index (χ2v) is 7.57. The number of rotatable bonds is 7. The Kier molecular flexibility index (Phi) is 7.26. The lowest BCUT2D eigenvalue weighted by atomic mass is 9.95. The standard InChI is InChI=1S/C18H26BrNO3/c1-6-8-13(19)16(21)12-9-10-14(15(11-12)23-7-2)20-17(22)18(3,4)5/h9-11,13H,6-8H2,1-5H3,(H,20,22). The van der Waals surface area contributed by atoms with Crippen molar-refractivity contribution >= 4 is 33.3 Å². The molecule has 1 aromatic carbocycles. The molecule has 128 valence electrons. The number of amides is 1. The molecule has 23 heavy (non-hydrogen) atoms. The molecule has 1 N–H and O–H groups in total. The zero-order valence-corrected chi connectivity index (χ0v) is 16.1. The molecule has 0 aliphatic heterocycles. The van der Waals surface area contributed by atoms with Gasteiger partial charge >= 0.3 is 0 Å². The number of hydrogen-bond donors (Lipinski definition) is 1. The van der Waals surface area contributed by atoms with Crippen LogP contribution in [-0.2, 0) is 4.79 Å². The molecule has 5 heteroatoms. The number of halogens is 1. The molecule has 0 aromatic heterocycles. The number of alkyl halides is 1. The number of nitrogens with one attached hydrogen (secondary N) is 1. The van der Waals surface area contributed by atoms with E-state index in [0.29, 0.717) is 23.6 Å². The molecule has 1 unspecified atom stereocenters. The molecule has 1 atom stereocenters. The lowest BCUT2D eigenvalue weighted by Gasteiger charge is -2.20. The number of ether oxygens (including phenoxy) is 1. The average Bonchev–Trinajstić information content (AvgIpc) is 2.47. The highest BCUT2D eigenvalue weighted by Gasteiger charge is 2.23. The maximum Gasteiger partial charge on any atom is 0.229 e. The smallest absolute Gasteiger partial charge is 0.229 e. The van der Waals surface area contributed by atoms with Crippen LogP contribution in [0.4, 0.5) is 5.69 Å². The Morgan fingerprint density at radius 3 is 2.43 bits per heavy atom. The van der Waals surface area contributed by atoms with E-state index in [1.54, 1.807) is 18.2 Å². The van der Waals surface area contributed by atoms with E-state index in [1.165, 1.54) is 0 Å². The molecule has 1 aromatic rings. The van der Waals surface area contributed by atoms with Gasteiger partial charge in [-0.25, -0.2) is 0 Å². The molecule has 0 saturated heterocycles. The van der Waals surface area contributed by atoms with Crippen molar-refractivity contribution in [1.29, 1.82) is 0 Å². The summed E-state index contributed by atoms with van der Waals surface area (Å²) in [4.78, 5) is 24.4. The van der Waals surface area contributed by atoms with Gasteiger partial charge in [-0.15, -0.1) is 0 Å². The van der Waals surface area contributed by atoms with Crippen LogP contribution in [0.15, 0.2) is 18.2 Å². The minimum Gasteiger partial charge on any atom is -0.492 e. The minimum absolute atomic E-state index is 0.0292. The van der Waals surface area contributed by atoms with Crippen LogP contribution in [0, 0.1) is 5.41 Å². The zero-order valence-electron chi connectivity index (χ0n) is 14.5. The van der Waals surface area contributed by atoms with Crippen LogP contribution in [0.5, 0.6) is 5.75 Å². The maximum absolute atomic E-state index is 12.4. The van der Waals surface area contributed by atoms with E-state index < -0.39 is 5.41 Å². The van der Waals surface area contributed by atoms with Crippen LogP contribution in [0.2, 0.25) is 0 Å². The number of anilines is 1. The predicted octanol–water partition coefficient (Wildman–Crippen LogP) is 4.82. The van der Waals surface area contributed by atoms with E-state index >= 15 is 0 Å². The Hall–Kier alpha value is -1.36. The SMILES string of the molecule is CCCC(Br)C(=O)c1ccc(NC(=O)C(C)(C)C)c(OCC)c1. The maximum atomic E-state index is 12.4. The van der Waals surface area contributed by atoms with Crippen LogP contribution >= 0.6 is 15.9 Å². The third-order valence-corrected chi connectivity index (χ3v) is 4.20. The van der Waals surface area contributed by atoms with Crippen molar-refractivity contribution in [3.05, 3.63) is 23.8 Å². The number of hydrogen-bond acceptors (Lipinski definition) is 3. The predicted molar refractivity (Wildman–Crippen MR) is 97.6 cm³/mol. The summed E-state index contributed by atoms with van der Waals surface area (Å²) >= 11 is 3.43. The van der Waals surface area contributed by atoms with Crippen molar-refractivity contribution in [3.8, 4) is 5.75 Å². The molecule has 0 bridgehead atoms. The molecule has 0 saturated carbocycles. The van der Waals surface area contributed by atoms with E-state index in [0.717, 1.165) is 12.8 Å². The first-order chi connectivity index (χ1) is 10.7. The summed E-state index contributed by atoms with van der Waals surface area (Å²) in [5, 5.41) is 2.87. The molecule has 1 amide bonds. The largest absolute Gasteiger partial charge is 0.492 e. The van der Waals surface area contributed by atoms with E-state index in [1.807, 2.05) is 34.6 Å². The molecular formula is C18H26BrNO3. The third-order valence-electron chi connectivity index (χ3n) is 3.32. The van der Waals surface area contributed by atoms with Gasteiger partial charge in [0.2, 0.25) is 5.91 Å². The van der Waals surface area contributed by atoms with Crippen molar-refractivity contribution in [2.75, 3.05) is 11.9 Å². The molecule has 4 nitrogen and oxygen atoms in total. The summed E-state index contributed by atoms with van der Waals surface area (Å²) in [6.45, 7) is 9.91. The molecule has 0 aliphatic carbocycles. The van der Waals surface area contributed by atoms with Gasteiger partial charge in [0, 0.05) is 11.0 Å². The summed E-state index contributed by atoms with van der Waals surface area (Å²) in [6, 6.07) is 5.16. The van der Waals surface area contributed by atoms with Crippen LogP contribution < -0.4 is 10.1 Å². The molecule has 0 aliphatic rings. The molecule has 0 heterocycles. The van der Waals surface area contributed by atoms with Gasteiger partial charge in [0.15, 0.2) is 5.78 Å². The van der Waals surface area contributed by atoms with E-state index in [2.05, 4.69) is 21.2 Å². The van der Waals surface area contributed by atoms with E-state index in [4.69, 9.17) is 4.74 Å². The highest BCUT2D eigenvalue weighted by Crippen LogP contribution is 2.29. The number of Topliss-reactive ketones (excluding diaryl/α,β-unsaturated/α-hetero) is 1. The van der Waals surface area contributed by atoms with Crippen LogP contribution in [-0.4, -0.2) is 23.1 Å². The summed E-state index contributed by atoms with van der Waals surface area (Å²) in [6.07, 6.45) is 1.71. The van der Waals surface area contributed by atoms with Crippen molar-refractivity contribution in [2.24, 2.45) is 5.41 Å². The number of carbonyl (C=O) groups excluding carboxylic acids is 2. The van der Waals surface area contributed by atoms with Crippen LogP contribution in [0.25, 0.3) is 0 Å². The van der Waals surface area contributed by atoms with Crippen molar-refractivity contribution in [1.82, 2.24) is 0 Å². The van der Waals surface area contributed by atoms with Gasteiger partial charge in [-0.2, -0.15) is 0 Å². The second-order valence-electron chi connectivity index (χ2n) is 6.47. The first kappa shape index (κ1) is 19.7. The quantitative estimate of drug-likeness (QED) is 0.542. The molecule has 1 rings (SSSR count). The van der Waals surface area contributed by atoms with Crippen molar-refractivity contribution in [3.63, 3.8) is 0 Å². The number of benzene rings is 1. The van der Waals surface area contributed by atoms with E-state index in [9.17, 15) is 9.59 Å². The number of ketones is 1. The Morgan fingerprint density at radius 2 is 1.91 bits per heavy atom. The summed E-state index contributed by atoms with van der Waals surface area (Å²) in [5.74, 6) is 0.454. The van der Waals surface area contributed by atoms with Gasteiger partial charge in [-0.1, -0.05) is 50.0 Å². The average molecular weight is 384 g/mol. The number of carbonyl (C=O) groups is 2. The minimum atomic E-state index is -0.500. The monoisotopic (exact) mass is 383 g/mol. The first-order valence-electron chi connectivity index (χ1n) is 7.97. The Morgan fingerprint density at radius 1 is 1.26 bits per heavy atom. The fourth-order valence-corrected chi connectivity index (χ4v) is 2.65.